The number of unbranched alkanes of at least 4 members (excludes halogenated alkanes) is 11. The Bertz CT molecular complexity index is 167. The average molecular weight is 292 g/mol. The van der Waals surface area contributed by atoms with Gasteiger partial charge in [-0.1, -0.05) is 71.1 Å². The van der Waals surface area contributed by atoms with Crippen molar-refractivity contribution in [3.63, 3.8) is 0 Å². The minimum atomic E-state index is 0. The molecule has 3 nitrogen and oxygen atoms in total. The molecule has 0 unspecified atom stereocenters. The number of quaternary nitrogens is 1. The Hall–Kier alpha value is -0.120. The number of rotatable bonds is 13. The van der Waals surface area contributed by atoms with Crippen LogP contribution in [-0.2, 0) is 0 Å². The molecule has 0 amide bonds. The highest BCUT2D eigenvalue weighted by molar-refractivity contribution is 4.48. The van der Waals surface area contributed by atoms with Crippen LogP contribution < -0.4 is 6.15 Å². The van der Waals surface area contributed by atoms with Gasteiger partial charge >= 0.3 is 0 Å². The Kier molecular flexibility index (Phi) is 21.1. The summed E-state index contributed by atoms with van der Waals surface area (Å²) in [5.41, 5.74) is 0. The molecule has 0 saturated carbocycles. The van der Waals surface area contributed by atoms with E-state index in [9.17, 15) is 0 Å². The van der Waals surface area contributed by atoms with Crippen LogP contribution in [0.4, 0.5) is 0 Å². The zero-order valence-electron chi connectivity index (χ0n) is 14.8. The van der Waals surface area contributed by atoms with Crippen molar-refractivity contribution >= 4 is 0 Å². The van der Waals surface area contributed by atoms with E-state index in [1.54, 1.807) is 0 Å². The van der Waals surface area contributed by atoms with Crippen LogP contribution in [0.5, 0.6) is 0 Å². The van der Waals surface area contributed by atoms with Crippen molar-refractivity contribution in [3.8, 4) is 0 Å². The Morgan fingerprint density at radius 2 is 0.850 bits per heavy atom. The Labute approximate surface area is 128 Å². The average Bonchev–Trinajstić information content (AvgIpc) is 2.29. The summed E-state index contributed by atoms with van der Waals surface area (Å²) in [5.74, 6) is 0. The number of hydrogen-bond donors (Lipinski definition) is 1. The van der Waals surface area contributed by atoms with E-state index in [1.807, 2.05) is 0 Å². The second-order valence-electron chi connectivity index (χ2n) is 6.90. The summed E-state index contributed by atoms with van der Waals surface area (Å²) < 4.78 is 1.12. The van der Waals surface area contributed by atoms with Crippen molar-refractivity contribution in [1.82, 2.24) is 6.15 Å². The predicted molar refractivity (Wildman–Crippen MR) is 92.6 cm³/mol. The molecule has 3 heteroatoms. The van der Waals surface area contributed by atoms with E-state index < -0.39 is 0 Å². The molecule has 0 bridgehead atoms. The maximum absolute atomic E-state index is 2.29. The molecular weight excluding hydrogens is 248 g/mol. The van der Waals surface area contributed by atoms with Gasteiger partial charge in [0, 0.05) is 0 Å². The molecule has 0 saturated heterocycles. The summed E-state index contributed by atoms with van der Waals surface area (Å²) in [6.07, 6.45) is 17.4. The van der Waals surface area contributed by atoms with Gasteiger partial charge in [0.1, 0.15) is 0 Å². The van der Waals surface area contributed by atoms with Gasteiger partial charge in [-0.2, -0.15) is 0 Å². The summed E-state index contributed by atoms with van der Waals surface area (Å²) >= 11 is 0. The highest BCUT2D eigenvalue weighted by atomic mass is 16.0. The lowest BCUT2D eigenvalue weighted by Gasteiger charge is -2.23. The largest absolute Gasteiger partial charge is 0.412 e. The van der Waals surface area contributed by atoms with Crippen molar-refractivity contribution in [2.45, 2.75) is 84.0 Å². The Morgan fingerprint density at radius 1 is 0.550 bits per heavy atom. The third-order valence-corrected chi connectivity index (χ3v) is 3.68. The molecule has 0 aromatic heterocycles. The van der Waals surface area contributed by atoms with Gasteiger partial charge in [-0.15, -0.1) is 0 Å². The van der Waals surface area contributed by atoms with Gasteiger partial charge in [-0.3, -0.25) is 0 Å². The molecule has 0 radical (unpaired) electrons. The van der Waals surface area contributed by atoms with Gasteiger partial charge < -0.3 is 16.1 Å². The van der Waals surface area contributed by atoms with Gasteiger partial charge in [0.05, 0.1) is 27.7 Å². The van der Waals surface area contributed by atoms with Crippen LogP contribution >= 0.6 is 0 Å². The van der Waals surface area contributed by atoms with Gasteiger partial charge in [-0.05, 0) is 12.8 Å². The summed E-state index contributed by atoms with van der Waals surface area (Å²) in [7, 11) is 6.87. The minimum Gasteiger partial charge on any atom is -0.412 e. The highest BCUT2D eigenvalue weighted by Crippen LogP contribution is 2.12. The summed E-state index contributed by atoms with van der Waals surface area (Å²) in [5, 5.41) is 0. The molecule has 0 spiro atoms. The molecule has 0 aliphatic carbocycles. The molecule has 20 heavy (non-hydrogen) atoms. The first kappa shape index (κ1) is 24.9. The highest BCUT2D eigenvalue weighted by Gasteiger charge is 2.04. The molecule has 0 aromatic rings. The van der Waals surface area contributed by atoms with E-state index in [-0.39, 0.29) is 11.6 Å². The van der Waals surface area contributed by atoms with Crippen LogP contribution in [0.1, 0.15) is 84.0 Å². The summed E-state index contributed by atoms with van der Waals surface area (Å²) in [6.45, 7) is 3.62. The number of hydrogen-bond acceptors (Lipinski definition) is 1. The van der Waals surface area contributed by atoms with E-state index >= 15 is 0 Å². The fraction of sp³-hybridized carbons (Fsp3) is 1.00. The fourth-order valence-corrected chi connectivity index (χ4v) is 2.43. The lowest BCUT2D eigenvalue weighted by Crippen LogP contribution is -2.35. The lowest BCUT2D eigenvalue weighted by atomic mass is 10.1. The van der Waals surface area contributed by atoms with Crippen molar-refractivity contribution in [2.75, 3.05) is 27.7 Å². The van der Waals surface area contributed by atoms with Crippen molar-refractivity contribution in [2.24, 2.45) is 0 Å². The Balaban J connectivity index is -0.00000144. The predicted octanol–water partition coefficient (Wildman–Crippen LogP) is 4.73. The molecule has 0 aliphatic rings. The smallest absolute Gasteiger partial charge is 0.0780 e. The first-order chi connectivity index (χ1) is 8.56. The summed E-state index contributed by atoms with van der Waals surface area (Å²) in [4.78, 5) is 0. The molecule has 0 fully saturated rings. The monoisotopic (exact) mass is 291 g/mol. The zero-order chi connectivity index (χ0) is 13.7. The van der Waals surface area contributed by atoms with Crippen molar-refractivity contribution < 1.29 is 9.96 Å². The van der Waals surface area contributed by atoms with Crippen LogP contribution in [0.2, 0.25) is 0 Å². The van der Waals surface area contributed by atoms with Gasteiger partial charge in [0.25, 0.3) is 0 Å². The molecule has 0 heterocycles. The zero-order valence-corrected chi connectivity index (χ0v) is 14.8. The van der Waals surface area contributed by atoms with E-state index in [4.69, 9.17) is 0 Å². The molecule has 0 aliphatic heterocycles. The van der Waals surface area contributed by atoms with Crippen LogP contribution in [0, 0.1) is 0 Å². The van der Waals surface area contributed by atoms with Gasteiger partial charge in [0.15, 0.2) is 0 Å². The third-order valence-electron chi connectivity index (χ3n) is 3.68. The normalized spacial score (nSPS) is 10.8. The summed E-state index contributed by atoms with van der Waals surface area (Å²) in [6, 6.07) is 0. The quantitative estimate of drug-likeness (QED) is 0.387. The Morgan fingerprint density at radius 3 is 1.15 bits per heavy atom. The standard InChI is InChI=1S/C17H38N.H3N.H2O/c1-5-6-7-8-9-10-11-12-13-14-15-16-17-18(2,3)4;;/h5-17H2,1-4H3;1H3;1H2/q+1;;. The van der Waals surface area contributed by atoms with Crippen LogP contribution in [0.25, 0.3) is 0 Å². The maximum atomic E-state index is 2.29. The second-order valence-corrected chi connectivity index (χ2v) is 6.90. The van der Waals surface area contributed by atoms with E-state index in [0.717, 1.165) is 4.48 Å². The maximum Gasteiger partial charge on any atom is 0.0780 e. The third kappa shape index (κ3) is 23.0. The van der Waals surface area contributed by atoms with Gasteiger partial charge in [0.2, 0.25) is 0 Å². The second kappa shape index (κ2) is 16.9. The van der Waals surface area contributed by atoms with E-state index in [0.29, 0.717) is 0 Å². The van der Waals surface area contributed by atoms with Gasteiger partial charge in [-0.25, -0.2) is 0 Å². The molecular formula is C17H43N2O+. The lowest BCUT2D eigenvalue weighted by molar-refractivity contribution is -0.870. The molecule has 0 aromatic carbocycles. The van der Waals surface area contributed by atoms with Crippen LogP contribution in [0.3, 0.4) is 0 Å². The molecule has 0 rings (SSSR count). The first-order valence-electron chi connectivity index (χ1n) is 8.36. The van der Waals surface area contributed by atoms with E-state index in [2.05, 4.69) is 28.1 Å². The van der Waals surface area contributed by atoms with Crippen molar-refractivity contribution in [1.29, 1.82) is 0 Å². The minimum absolute atomic E-state index is 0. The molecule has 126 valence electrons. The number of nitrogens with zero attached hydrogens (tertiary/aromatic N) is 1. The molecule has 5 N–H and O–H groups in total. The SMILES string of the molecule is CCCCCCCCCCCCCC[N+](C)(C)C.N.O. The van der Waals surface area contributed by atoms with Crippen LogP contribution in [-0.4, -0.2) is 37.6 Å². The van der Waals surface area contributed by atoms with Crippen LogP contribution in [0.15, 0.2) is 0 Å². The topological polar surface area (TPSA) is 66.5 Å². The molecule has 0 atom stereocenters. The fourth-order valence-electron chi connectivity index (χ4n) is 2.43. The first-order valence-corrected chi connectivity index (χ1v) is 8.36. The van der Waals surface area contributed by atoms with E-state index in [1.165, 1.54) is 83.6 Å². The van der Waals surface area contributed by atoms with Crippen molar-refractivity contribution in [3.05, 3.63) is 0 Å².